The summed E-state index contributed by atoms with van der Waals surface area (Å²) in [6.07, 6.45) is 3.07. The first-order chi connectivity index (χ1) is 11.9. The van der Waals surface area contributed by atoms with E-state index >= 15 is 0 Å². The fourth-order valence-corrected chi connectivity index (χ4v) is 4.76. The van der Waals surface area contributed by atoms with Crippen LogP contribution in [0.2, 0.25) is 0 Å². The topological polar surface area (TPSA) is 46.6 Å². The third kappa shape index (κ3) is 3.81. The molecule has 2 aromatic carbocycles. The van der Waals surface area contributed by atoms with Gasteiger partial charge in [0.1, 0.15) is 5.75 Å². The van der Waals surface area contributed by atoms with Gasteiger partial charge in [0, 0.05) is 23.6 Å². The predicted octanol–water partition coefficient (Wildman–Crippen LogP) is 4.21. The second-order valence-electron chi connectivity index (χ2n) is 6.03. The van der Waals surface area contributed by atoms with Gasteiger partial charge in [-0.05, 0) is 48.2 Å². The molecule has 0 spiro atoms. The van der Waals surface area contributed by atoms with Gasteiger partial charge < -0.3 is 4.74 Å². The summed E-state index contributed by atoms with van der Waals surface area (Å²) in [5.41, 5.74) is 3.00. The zero-order valence-corrected chi connectivity index (χ0v) is 16.6. The number of ether oxygens (including phenoxy) is 1. The van der Waals surface area contributed by atoms with Crippen molar-refractivity contribution in [3.8, 4) is 5.75 Å². The lowest BCUT2D eigenvalue weighted by molar-refractivity contribution is 0.398. The third-order valence-electron chi connectivity index (χ3n) is 4.39. The van der Waals surface area contributed by atoms with Crippen molar-refractivity contribution in [2.24, 2.45) is 0 Å². The second-order valence-corrected chi connectivity index (χ2v) is 9.04. The number of hydrogen-bond donors (Lipinski definition) is 0. The molecular weight excluding hydrogens is 402 g/mol. The SMILES string of the molecule is COc1ccc(Br)cc1CN(C)S(=O)(=O)C1=Cc2ccccc2CC1. The highest BCUT2D eigenvalue weighted by atomic mass is 79.9. The number of fused-ring (bicyclic) bond motifs is 1. The number of sulfonamides is 1. The molecule has 0 saturated heterocycles. The van der Waals surface area contributed by atoms with Gasteiger partial charge >= 0.3 is 0 Å². The Morgan fingerprint density at radius 1 is 1.16 bits per heavy atom. The zero-order valence-electron chi connectivity index (χ0n) is 14.2. The van der Waals surface area contributed by atoms with Crippen LogP contribution in [0.1, 0.15) is 23.1 Å². The molecule has 0 bridgehead atoms. The number of benzene rings is 2. The van der Waals surface area contributed by atoms with Gasteiger partial charge in [0.15, 0.2) is 0 Å². The summed E-state index contributed by atoms with van der Waals surface area (Å²) in [5.74, 6) is 0.674. The molecule has 0 unspecified atom stereocenters. The maximum absolute atomic E-state index is 13.0. The first-order valence-corrected chi connectivity index (χ1v) is 10.2. The average Bonchev–Trinajstić information content (AvgIpc) is 2.61. The summed E-state index contributed by atoms with van der Waals surface area (Å²) in [6, 6.07) is 13.5. The molecule has 1 aliphatic carbocycles. The minimum absolute atomic E-state index is 0.254. The number of halogens is 1. The fraction of sp³-hybridized carbons (Fsp3) is 0.263. The van der Waals surface area contributed by atoms with Gasteiger partial charge in [0.25, 0.3) is 0 Å². The minimum Gasteiger partial charge on any atom is -0.496 e. The number of nitrogens with zero attached hydrogens (tertiary/aromatic N) is 1. The molecule has 0 atom stereocenters. The lowest BCUT2D eigenvalue weighted by Gasteiger charge is -2.23. The van der Waals surface area contributed by atoms with E-state index in [0.29, 0.717) is 17.1 Å². The molecule has 0 heterocycles. The summed E-state index contributed by atoms with van der Waals surface area (Å²) in [4.78, 5) is 0.461. The van der Waals surface area contributed by atoms with Crippen LogP contribution >= 0.6 is 15.9 Å². The van der Waals surface area contributed by atoms with Gasteiger partial charge in [0.05, 0.1) is 12.0 Å². The number of methoxy groups -OCH3 is 1. The van der Waals surface area contributed by atoms with E-state index in [1.165, 1.54) is 9.87 Å². The average molecular weight is 422 g/mol. The highest BCUT2D eigenvalue weighted by Gasteiger charge is 2.26. The molecule has 3 rings (SSSR count). The molecule has 0 amide bonds. The van der Waals surface area contributed by atoms with Crippen LogP contribution in [0.15, 0.2) is 51.8 Å². The number of rotatable bonds is 5. The molecule has 0 fully saturated rings. The Bertz CT molecular complexity index is 922. The lowest BCUT2D eigenvalue weighted by atomic mass is 9.98. The maximum atomic E-state index is 13.0. The summed E-state index contributed by atoms with van der Waals surface area (Å²) in [6.45, 7) is 0.254. The Kier molecular flexibility index (Phi) is 5.32. The van der Waals surface area contributed by atoms with E-state index in [1.54, 1.807) is 20.2 Å². The maximum Gasteiger partial charge on any atom is 0.239 e. The van der Waals surface area contributed by atoms with E-state index < -0.39 is 10.0 Å². The molecule has 0 N–H and O–H groups in total. The van der Waals surface area contributed by atoms with Crippen LogP contribution in [0.3, 0.4) is 0 Å². The van der Waals surface area contributed by atoms with Crippen LogP contribution < -0.4 is 4.74 Å². The van der Waals surface area contributed by atoms with Crippen molar-refractivity contribution in [2.45, 2.75) is 19.4 Å². The third-order valence-corrected chi connectivity index (χ3v) is 6.82. The van der Waals surface area contributed by atoms with Crippen LogP contribution in [0, 0.1) is 0 Å². The van der Waals surface area contributed by atoms with Crippen molar-refractivity contribution in [1.82, 2.24) is 4.31 Å². The van der Waals surface area contributed by atoms with Gasteiger partial charge in [-0.15, -0.1) is 0 Å². The Balaban J connectivity index is 1.88. The summed E-state index contributed by atoms with van der Waals surface area (Å²) < 4.78 is 33.6. The van der Waals surface area contributed by atoms with E-state index in [0.717, 1.165) is 22.0 Å². The van der Waals surface area contributed by atoms with Crippen molar-refractivity contribution < 1.29 is 13.2 Å². The summed E-state index contributed by atoms with van der Waals surface area (Å²) >= 11 is 3.43. The molecule has 0 aromatic heterocycles. The van der Waals surface area contributed by atoms with Crippen LogP contribution in [0.4, 0.5) is 0 Å². The lowest BCUT2D eigenvalue weighted by Crippen LogP contribution is -2.28. The first kappa shape index (κ1) is 18.2. The largest absolute Gasteiger partial charge is 0.496 e. The molecule has 132 valence electrons. The predicted molar refractivity (Wildman–Crippen MR) is 104 cm³/mol. The monoisotopic (exact) mass is 421 g/mol. The fourth-order valence-electron chi connectivity index (χ4n) is 3.01. The quantitative estimate of drug-likeness (QED) is 0.726. The van der Waals surface area contributed by atoms with E-state index in [4.69, 9.17) is 4.74 Å². The van der Waals surface area contributed by atoms with E-state index in [2.05, 4.69) is 15.9 Å². The van der Waals surface area contributed by atoms with E-state index in [1.807, 2.05) is 42.5 Å². The van der Waals surface area contributed by atoms with Gasteiger partial charge in [-0.2, -0.15) is 4.31 Å². The smallest absolute Gasteiger partial charge is 0.239 e. The normalized spacial score (nSPS) is 14.2. The van der Waals surface area contributed by atoms with Crippen molar-refractivity contribution >= 4 is 32.0 Å². The molecule has 2 aromatic rings. The molecular formula is C19H20BrNO3S. The van der Waals surface area contributed by atoms with Crippen LogP contribution in [-0.2, 0) is 23.0 Å². The molecule has 6 heteroatoms. The highest BCUT2D eigenvalue weighted by Crippen LogP contribution is 2.30. The molecule has 0 aliphatic heterocycles. The van der Waals surface area contributed by atoms with Crippen molar-refractivity contribution in [3.05, 3.63) is 68.5 Å². The number of hydrogen-bond acceptors (Lipinski definition) is 3. The molecule has 0 radical (unpaired) electrons. The van der Waals surface area contributed by atoms with Crippen LogP contribution in [0.25, 0.3) is 6.08 Å². The minimum atomic E-state index is -3.52. The molecule has 4 nitrogen and oxygen atoms in total. The Morgan fingerprint density at radius 2 is 1.92 bits per heavy atom. The van der Waals surface area contributed by atoms with E-state index in [-0.39, 0.29) is 6.54 Å². The highest BCUT2D eigenvalue weighted by molar-refractivity contribution is 9.10. The van der Waals surface area contributed by atoms with Crippen LogP contribution in [-0.4, -0.2) is 26.9 Å². The van der Waals surface area contributed by atoms with Gasteiger partial charge in [-0.25, -0.2) is 8.42 Å². The van der Waals surface area contributed by atoms with Crippen molar-refractivity contribution in [1.29, 1.82) is 0 Å². The van der Waals surface area contributed by atoms with E-state index in [9.17, 15) is 8.42 Å². The molecule has 1 aliphatic rings. The van der Waals surface area contributed by atoms with Gasteiger partial charge in [0.2, 0.25) is 10.0 Å². The standard InChI is InChI=1S/C19H20BrNO3S/c1-21(13-16-11-17(20)8-10-19(16)24-2)25(22,23)18-9-7-14-5-3-4-6-15(14)12-18/h3-6,8,10-12H,7,9,13H2,1-2H3. The van der Waals surface area contributed by atoms with Gasteiger partial charge in [-0.1, -0.05) is 40.2 Å². The summed E-state index contributed by atoms with van der Waals surface area (Å²) in [7, 11) is -0.324. The van der Waals surface area contributed by atoms with Crippen LogP contribution in [0.5, 0.6) is 5.75 Å². The number of aryl methyl sites for hydroxylation is 1. The molecule has 0 saturated carbocycles. The molecule has 25 heavy (non-hydrogen) atoms. The Hall–Kier alpha value is -1.63. The Labute approximate surface area is 157 Å². The van der Waals surface area contributed by atoms with Gasteiger partial charge in [-0.3, -0.25) is 0 Å². The number of allylic oxidation sites excluding steroid dienone is 1. The van der Waals surface area contributed by atoms with Crippen molar-refractivity contribution in [3.63, 3.8) is 0 Å². The second kappa shape index (κ2) is 7.32. The van der Waals surface area contributed by atoms with Crippen molar-refractivity contribution in [2.75, 3.05) is 14.2 Å². The zero-order chi connectivity index (χ0) is 18.0. The Morgan fingerprint density at radius 3 is 2.68 bits per heavy atom. The summed E-state index contributed by atoms with van der Waals surface area (Å²) in [5, 5.41) is 0. The first-order valence-electron chi connectivity index (χ1n) is 7.99.